The zero-order valence-electron chi connectivity index (χ0n) is 14.8. The maximum atomic E-state index is 13.8. The van der Waals surface area contributed by atoms with Crippen molar-refractivity contribution in [3.8, 4) is 11.3 Å². The topological polar surface area (TPSA) is 72.4 Å². The Kier molecular flexibility index (Phi) is 5.66. The largest absolute Gasteiger partial charge is 0.441 e. The molecule has 2 atom stereocenters. The molecule has 2 heterocycles. The Morgan fingerprint density at radius 3 is 2.96 bits per heavy atom. The summed E-state index contributed by atoms with van der Waals surface area (Å²) in [5.74, 6) is -0.185. The van der Waals surface area contributed by atoms with Crippen molar-refractivity contribution >= 4 is 5.91 Å². The number of hydrogen-bond donors (Lipinski definition) is 1. The van der Waals surface area contributed by atoms with Crippen molar-refractivity contribution in [2.45, 2.75) is 38.6 Å². The van der Waals surface area contributed by atoms with Gasteiger partial charge in [-0.05, 0) is 30.9 Å². The highest BCUT2D eigenvalue weighted by molar-refractivity contribution is 5.76. The van der Waals surface area contributed by atoms with Gasteiger partial charge in [0.25, 0.3) is 0 Å². The zero-order chi connectivity index (χ0) is 18.7. The van der Waals surface area contributed by atoms with Gasteiger partial charge in [0.05, 0.1) is 11.8 Å². The van der Waals surface area contributed by atoms with Crippen LogP contribution < -0.4 is 5.73 Å². The van der Waals surface area contributed by atoms with Gasteiger partial charge in [0.1, 0.15) is 11.6 Å². The van der Waals surface area contributed by atoms with Crippen molar-refractivity contribution in [2.75, 3.05) is 13.1 Å². The second-order valence-electron chi connectivity index (χ2n) is 6.85. The van der Waals surface area contributed by atoms with Crippen LogP contribution >= 0.6 is 0 Å². The number of nitrogens with two attached hydrogens (primary N) is 1. The van der Waals surface area contributed by atoms with Crippen molar-refractivity contribution in [3.05, 3.63) is 41.9 Å². The van der Waals surface area contributed by atoms with Crippen molar-refractivity contribution < 1.29 is 18.0 Å². The van der Waals surface area contributed by atoms with E-state index in [-0.39, 0.29) is 29.7 Å². The third kappa shape index (κ3) is 4.09. The van der Waals surface area contributed by atoms with Crippen LogP contribution in [0.2, 0.25) is 0 Å². The van der Waals surface area contributed by atoms with Crippen LogP contribution in [0.25, 0.3) is 11.3 Å². The van der Waals surface area contributed by atoms with Crippen LogP contribution in [0.3, 0.4) is 0 Å². The number of benzene rings is 1. The van der Waals surface area contributed by atoms with Gasteiger partial charge in [-0.3, -0.25) is 4.79 Å². The number of amides is 1. The third-order valence-electron chi connectivity index (χ3n) is 4.87. The second kappa shape index (κ2) is 7.95. The lowest BCUT2D eigenvalue weighted by atomic mass is 9.92. The minimum atomic E-state index is -0.711. The maximum absolute atomic E-state index is 13.8. The molecule has 2 N–H and O–H groups in total. The summed E-state index contributed by atoms with van der Waals surface area (Å²) in [5, 5.41) is 0. The van der Waals surface area contributed by atoms with E-state index >= 15 is 0 Å². The highest BCUT2D eigenvalue weighted by Gasteiger charge is 2.28. The van der Waals surface area contributed by atoms with Gasteiger partial charge in [0.2, 0.25) is 5.91 Å². The van der Waals surface area contributed by atoms with Crippen molar-refractivity contribution in [1.82, 2.24) is 9.88 Å². The number of aromatic nitrogens is 1. The molecule has 0 spiro atoms. The third-order valence-corrected chi connectivity index (χ3v) is 4.87. The Morgan fingerprint density at radius 2 is 2.23 bits per heavy atom. The first-order valence-corrected chi connectivity index (χ1v) is 8.87. The van der Waals surface area contributed by atoms with E-state index in [4.69, 9.17) is 10.2 Å². The average molecular weight is 363 g/mol. The normalized spacial score (nSPS) is 20.4. The minimum absolute atomic E-state index is 0.0278. The van der Waals surface area contributed by atoms with E-state index in [0.29, 0.717) is 24.8 Å². The molecular formula is C19H23F2N3O2. The number of carbonyl (C=O) groups excluding carboxylic acids is 1. The molecule has 0 radical (unpaired) electrons. The number of hydrogen-bond acceptors (Lipinski definition) is 4. The standard InChI is InChI=1S/C19H23F2N3O2/c1-12-6-7-24(14(8-12)10-22)19(25)5-4-18-23-11-17(26-18)15-3-2-13(20)9-16(15)21/h2-3,9,11-12,14H,4-8,10,22H2,1H3. The van der Waals surface area contributed by atoms with Gasteiger partial charge >= 0.3 is 0 Å². The summed E-state index contributed by atoms with van der Waals surface area (Å²) in [6, 6.07) is 3.35. The number of aryl methyl sites for hydroxylation is 1. The number of piperidine rings is 1. The SMILES string of the molecule is CC1CCN(C(=O)CCc2ncc(-c3ccc(F)cc3F)o2)C(CN)C1. The highest BCUT2D eigenvalue weighted by Crippen LogP contribution is 2.25. The molecule has 26 heavy (non-hydrogen) atoms. The van der Waals surface area contributed by atoms with Crippen LogP contribution in [0, 0.1) is 17.6 Å². The fourth-order valence-corrected chi connectivity index (χ4v) is 3.40. The molecule has 0 saturated carbocycles. The van der Waals surface area contributed by atoms with E-state index in [9.17, 15) is 13.6 Å². The maximum Gasteiger partial charge on any atom is 0.223 e. The first kappa shape index (κ1) is 18.5. The van der Waals surface area contributed by atoms with Crippen LogP contribution in [0.1, 0.15) is 32.1 Å². The molecule has 7 heteroatoms. The molecular weight excluding hydrogens is 340 g/mol. The monoisotopic (exact) mass is 363 g/mol. The van der Waals surface area contributed by atoms with E-state index in [1.54, 1.807) is 0 Å². The smallest absolute Gasteiger partial charge is 0.223 e. The van der Waals surface area contributed by atoms with E-state index in [1.165, 1.54) is 12.3 Å². The Labute approximate surface area is 151 Å². The Morgan fingerprint density at radius 1 is 1.42 bits per heavy atom. The summed E-state index contributed by atoms with van der Waals surface area (Å²) in [4.78, 5) is 18.5. The zero-order valence-corrected chi connectivity index (χ0v) is 14.8. The fraction of sp³-hybridized carbons (Fsp3) is 0.474. The Balaban J connectivity index is 1.62. The molecule has 2 aromatic rings. The van der Waals surface area contributed by atoms with Gasteiger partial charge in [-0.1, -0.05) is 6.92 Å². The lowest BCUT2D eigenvalue weighted by Gasteiger charge is -2.38. The number of likely N-dealkylation sites (tertiary alicyclic amines) is 1. The van der Waals surface area contributed by atoms with Gasteiger partial charge in [-0.25, -0.2) is 13.8 Å². The highest BCUT2D eigenvalue weighted by atomic mass is 19.1. The molecule has 5 nitrogen and oxygen atoms in total. The number of halogens is 2. The molecule has 1 fully saturated rings. The van der Waals surface area contributed by atoms with E-state index < -0.39 is 11.6 Å². The molecule has 1 saturated heterocycles. The average Bonchev–Trinajstić information content (AvgIpc) is 3.08. The summed E-state index contributed by atoms with van der Waals surface area (Å²) >= 11 is 0. The second-order valence-corrected chi connectivity index (χ2v) is 6.85. The van der Waals surface area contributed by atoms with Crippen LogP contribution in [-0.2, 0) is 11.2 Å². The van der Waals surface area contributed by atoms with Gasteiger partial charge in [-0.15, -0.1) is 0 Å². The summed E-state index contributed by atoms with van der Waals surface area (Å²) < 4.78 is 32.3. The molecule has 1 amide bonds. The fourth-order valence-electron chi connectivity index (χ4n) is 3.40. The number of rotatable bonds is 5. The van der Waals surface area contributed by atoms with Crippen molar-refractivity contribution in [1.29, 1.82) is 0 Å². The quantitative estimate of drug-likeness (QED) is 0.886. The molecule has 1 aromatic carbocycles. The summed E-state index contributed by atoms with van der Waals surface area (Å²) in [5.41, 5.74) is 5.95. The molecule has 3 rings (SSSR count). The Bertz CT molecular complexity index is 778. The van der Waals surface area contributed by atoms with E-state index in [2.05, 4.69) is 11.9 Å². The summed E-state index contributed by atoms with van der Waals surface area (Å²) in [6.45, 7) is 3.36. The van der Waals surface area contributed by atoms with Gasteiger partial charge in [-0.2, -0.15) is 0 Å². The predicted molar refractivity (Wildman–Crippen MR) is 93.1 cm³/mol. The van der Waals surface area contributed by atoms with E-state index in [0.717, 1.165) is 31.5 Å². The lowest BCUT2D eigenvalue weighted by molar-refractivity contribution is -0.135. The van der Waals surface area contributed by atoms with Crippen LogP contribution in [0.4, 0.5) is 8.78 Å². The predicted octanol–water partition coefficient (Wildman–Crippen LogP) is 3.14. The summed E-state index contributed by atoms with van der Waals surface area (Å²) in [7, 11) is 0. The van der Waals surface area contributed by atoms with Crippen LogP contribution in [0.15, 0.2) is 28.8 Å². The van der Waals surface area contributed by atoms with Gasteiger partial charge < -0.3 is 15.1 Å². The van der Waals surface area contributed by atoms with E-state index in [1.807, 2.05) is 4.90 Å². The first-order chi connectivity index (χ1) is 12.5. The number of oxazole rings is 1. The molecule has 140 valence electrons. The van der Waals surface area contributed by atoms with Gasteiger partial charge in [0, 0.05) is 38.0 Å². The minimum Gasteiger partial charge on any atom is -0.441 e. The van der Waals surface area contributed by atoms with Crippen molar-refractivity contribution in [2.24, 2.45) is 11.7 Å². The first-order valence-electron chi connectivity index (χ1n) is 8.87. The van der Waals surface area contributed by atoms with Crippen molar-refractivity contribution in [3.63, 3.8) is 0 Å². The number of nitrogens with zero attached hydrogens (tertiary/aromatic N) is 2. The molecule has 1 aliphatic heterocycles. The summed E-state index contributed by atoms with van der Waals surface area (Å²) in [6.07, 6.45) is 3.88. The molecule has 0 bridgehead atoms. The van der Waals surface area contributed by atoms with Crippen LogP contribution in [-0.4, -0.2) is 34.9 Å². The van der Waals surface area contributed by atoms with Gasteiger partial charge in [0.15, 0.2) is 11.7 Å². The lowest BCUT2D eigenvalue weighted by Crippen LogP contribution is -2.49. The molecule has 2 unspecified atom stereocenters. The Hall–Kier alpha value is -2.28. The van der Waals surface area contributed by atoms with Crippen LogP contribution in [0.5, 0.6) is 0 Å². The molecule has 1 aliphatic rings. The number of carbonyl (C=O) groups is 1. The molecule has 1 aromatic heterocycles. The molecule has 0 aliphatic carbocycles.